The van der Waals surface area contributed by atoms with Crippen LogP contribution in [0.5, 0.6) is 0 Å². The quantitative estimate of drug-likeness (QED) is 0.864. The van der Waals surface area contributed by atoms with E-state index in [4.69, 9.17) is 4.74 Å². The first-order valence-electron chi connectivity index (χ1n) is 8.19. The van der Waals surface area contributed by atoms with Crippen LogP contribution in [0.25, 0.3) is 0 Å². The van der Waals surface area contributed by atoms with Gasteiger partial charge in [0.2, 0.25) is 0 Å². The van der Waals surface area contributed by atoms with Crippen molar-refractivity contribution in [3.05, 3.63) is 58.2 Å². The maximum atomic E-state index is 13.3. The lowest BCUT2D eigenvalue weighted by Crippen LogP contribution is -2.34. The molecule has 2 aliphatic rings. The molecule has 126 valence electrons. The van der Waals surface area contributed by atoms with Crippen molar-refractivity contribution in [3.8, 4) is 0 Å². The third-order valence-electron chi connectivity index (χ3n) is 4.47. The maximum absolute atomic E-state index is 13.3. The Morgan fingerprint density at radius 1 is 1.29 bits per heavy atom. The van der Waals surface area contributed by atoms with Crippen LogP contribution in [-0.2, 0) is 14.3 Å². The molecule has 1 aromatic rings. The Kier molecular flexibility index (Phi) is 4.51. The van der Waals surface area contributed by atoms with E-state index in [9.17, 15) is 14.0 Å². The number of ether oxygens (including phenoxy) is 1. The van der Waals surface area contributed by atoms with Crippen molar-refractivity contribution < 1.29 is 18.7 Å². The van der Waals surface area contributed by atoms with E-state index in [1.165, 1.54) is 12.1 Å². The third kappa shape index (κ3) is 2.86. The largest absolute Gasteiger partial charge is 0.463 e. The maximum Gasteiger partial charge on any atom is 0.336 e. The number of Topliss-reactive ketones (excluding diaryl/α,β-unsaturated/α-hetero) is 1. The number of esters is 1. The van der Waals surface area contributed by atoms with Gasteiger partial charge in [-0.25, -0.2) is 9.18 Å². The second-order valence-electron chi connectivity index (χ2n) is 6.04. The molecule has 0 saturated carbocycles. The van der Waals surface area contributed by atoms with Crippen LogP contribution in [0.1, 0.15) is 44.6 Å². The fourth-order valence-corrected chi connectivity index (χ4v) is 3.45. The fourth-order valence-electron chi connectivity index (χ4n) is 3.45. The molecule has 1 N–H and O–H groups in total. The van der Waals surface area contributed by atoms with Crippen molar-refractivity contribution in [2.24, 2.45) is 0 Å². The van der Waals surface area contributed by atoms with E-state index >= 15 is 0 Å². The van der Waals surface area contributed by atoms with Crippen LogP contribution < -0.4 is 5.32 Å². The average Bonchev–Trinajstić information content (AvgIpc) is 2.55. The monoisotopic (exact) mass is 329 g/mol. The lowest BCUT2D eigenvalue weighted by atomic mass is 9.75. The first-order valence-corrected chi connectivity index (χ1v) is 8.19. The number of carbonyl (C=O) groups excluding carboxylic acids is 2. The normalized spacial score (nSPS) is 20.6. The predicted molar refractivity (Wildman–Crippen MR) is 87.5 cm³/mol. The summed E-state index contributed by atoms with van der Waals surface area (Å²) in [7, 11) is 0. The van der Waals surface area contributed by atoms with E-state index in [1.54, 1.807) is 19.1 Å². The van der Waals surface area contributed by atoms with Crippen LogP contribution in [0.4, 0.5) is 4.39 Å². The van der Waals surface area contributed by atoms with Gasteiger partial charge in [-0.15, -0.1) is 0 Å². The van der Waals surface area contributed by atoms with E-state index in [0.29, 0.717) is 23.3 Å². The van der Waals surface area contributed by atoms with Gasteiger partial charge in [0.15, 0.2) is 5.78 Å². The summed E-state index contributed by atoms with van der Waals surface area (Å²) in [6.07, 6.45) is 2.03. The number of ketones is 1. The molecule has 0 aromatic heterocycles. The topological polar surface area (TPSA) is 55.4 Å². The van der Waals surface area contributed by atoms with E-state index in [2.05, 4.69) is 5.32 Å². The van der Waals surface area contributed by atoms with Gasteiger partial charge in [-0.1, -0.05) is 12.1 Å². The number of rotatable bonds is 3. The molecule has 1 unspecified atom stereocenters. The highest BCUT2D eigenvalue weighted by Gasteiger charge is 2.38. The van der Waals surface area contributed by atoms with Gasteiger partial charge in [0.25, 0.3) is 0 Å². The van der Waals surface area contributed by atoms with Gasteiger partial charge in [0, 0.05) is 29.3 Å². The Balaban J connectivity index is 2.15. The van der Waals surface area contributed by atoms with Gasteiger partial charge in [-0.3, -0.25) is 4.79 Å². The highest BCUT2D eigenvalue weighted by atomic mass is 19.1. The average molecular weight is 329 g/mol. The molecular weight excluding hydrogens is 309 g/mol. The first-order chi connectivity index (χ1) is 11.5. The Morgan fingerprint density at radius 3 is 2.67 bits per heavy atom. The SMILES string of the molecule is CCOC(=O)C1=C(C)NC2=C(C(=O)CCC2)C1c1ccc(F)cc1. The zero-order valence-corrected chi connectivity index (χ0v) is 13.8. The zero-order valence-electron chi connectivity index (χ0n) is 13.8. The van der Waals surface area contributed by atoms with Crippen LogP contribution in [0.3, 0.4) is 0 Å². The molecule has 0 radical (unpaired) electrons. The summed E-state index contributed by atoms with van der Waals surface area (Å²) >= 11 is 0. The van der Waals surface area contributed by atoms with E-state index < -0.39 is 11.9 Å². The van der Waals surface area contributed by atoms with Gasteiger partial charge < -0.3 is 10.1 Å². The van der Waals surface area contributed by atoms with Crippen molar-refractivity contribution in [3.63, 3.8) is 0 Å². The van der Waals surface area contributed by atoms with Crippen LogP contribution in [-0.4, -0.2) is 18.4 Å². The van der Waals surface area contributed by atoms with E-state index in [1.807, 2.05) is 6.92 Å². The molecule has 1 aliphatic carbocycles. The molecule has 0 amide bonds. The Labute approximate surface area is 140 Å². The van der Waals surface area contributed by atoms with Crippen LogP contribution in [0.2, 0.25) is 0 Å². The molecule has 0 fully saturated rings. The Hall–Kier alpha value is -2.43. The molecule has 1 aliphatic heterocycles. The highest BCUT2D eigenvalue weighted by molar-refractivity contribution is 6.03. The first kappa shape index (κ1) is 16.4. The zero-order chi connectivity index (χ0) is 17.3. The number of hydrogen-bond donors (Lipinski definition) is 1. The highest BCUT2D eigenvalue weighted by Crippen LogP contribution is 2.42. The van der Waals surface area contributed by atoms with E-state index in [-0.39, 0.29) is 18.2 Å². The molecule has 5 heteroatoms. The minimum absolute atomic E-state index is 0.0346. The molecule has 0 saturated heterocycles. The standard InChI is InChI=1S/C19H20FNO3/c1-3-24-19(23)16-11(2)21-14-5-4-6-15(22)18(14)17(16)12-7-9-13(20)10-8-12/h7-10,17,21H,3-6H2,1-2H3. The van der Waals surface area contributed by atoms with Gasteiger partial charge in [0.1, 0.15) is 5.82 Å². The summed E-state index contributed by atoms with van der Waals surface area (Å²) < 4.78 is 18.5. The van der Waals surface area contributed by atoms with Crippen molar-refractivity contribution in [2.75, 3.05) is 6.61 Å². The molecule has 0 spiro atoms. The molecule has 4 nitrogen and oxygen atoms in total. The Bertz CT molecular complexity index is 746. The van der Waals surface area contributed by atoms with Crippen LogP contribution in [0.15, 0.2) is 46.8 Å². The van der Waals surface area contributed by atoms with Crippen molar-refractivity contribution in [1.82, 2.24) is 5.32 Å². The summed E-state index contributed by atoms with van der Waals surface area (Å²) in [5.74, 6) is -1.27. The summed E-state index contributed by atoms with van der Waals surface area (Å²) in [6.45, 7) is 3.81. The van der Waals surface area contributed by atoms with Gasteiger partial charge >= 0.3 is 5.97 Å². The predicted octanol–water partition coefficient (Wildman–Crippen LogP) is 3.36. The van der Waals surface area contributed by atoms with E-state index in [0.717, 1.165) is 24.1 Å². The third-order valence-corrected chi connectivity index (χ3v) is 4.47. The number of nitrogens with one attached hydrogen (secondary N) is 1. The number of halogens is 1. The second kappa shape index (κ2) is 6.59. The summed E-state index contributed by atoms with van der Waals surface area (Å²) in [5, 5.41) is 3.21. The molecule has 0 bridgehead atoms. The number of dihydropyridines is 1. The molecule has 3 rings (SSSR count). The van der Waals surface area contributed by atoms with Crippen LogP contribution >= 0.6 is 0 Å². The Morgan fingerprint density at radius 2 is 2.00 bits per heavy atom. The summed E-state index contributed by atoms with van der Waals surface area (Å²) in [6, 6.07) is 5.96. The molecular formula is C19H20FNO3. The van der Waals surface area contributed by atoms with Crippen molar-refractivity contribution in [2.45, 2.75) is 39.0 Å². The lowest BCUT2D eigenvalue weighted by molar-refractivity contribution is -0.138. The lowest BCUT2D eigenvalue weighted by Gasteiger charge is -2.34. The molecule has 1 aromatic carbocycles. The minimum atomic E-state index is -0.506. The molecule has 1 heterocycles. The van der Waals surface area contributed by atoms with Crippen LogP contribution in [0, 0.1) is 5.82 Å². The smallest absolute Gasteiger partial charge is 0.336 e. The second-order valence-corrected chi connectivity index (χ2v) is 6.04. The summed E-state index contributed by atoms with van der Waals surface area (Å²) in [5.41, 5.74) is 3.32. The number of benzene rings is 1. The van der Waals surface area contributed by atoms with Gasteiger partial charge in [-0.05, 0) is 44.4 Å². The van der Waals surface area contributed by atoms with Gasteiger partial charge in [0.05, 0.1) is 12.2 Å². The number of allylic oxidation sites excluding steroid dienone is 3. The van der Waals surface area contributed by atoms with Crippen molar-refractivity contribution in [1.29, 1.82) is 0 Å². The van der Waals surface area contributed by atoms with Crippen molar-refractivity contribution >= 4 is 11.8 Å². The molecule has 1 atom stereocenters. The number of hydrogen-bond acceptors (Lipinski definition) is 4. The number of carbonyl (C=O) groups is 2. The minimum Gasteiger partial charge on any atom is -0.463 e. The summed E-state index contributed by atoms with van der Waals surface area (Å²) in [4.78, 5) is 25.1. The fraction of sp³-hybridized carbons (Fsp3) is 0.368. The van der Waals surface area contributed by atoms with Gasteiger partial charge in [-0.2, -0.15) is 0 Å². The molecule has 24 heavy (non-hydrogen) atoms.